The second-order valence-corrected chi connectivity index (χ2v) is 3.68. The highest BCUT2D eigenvalue weighted by molar-refractivity contribution is 5.38. The van der Waals surface area contributed by atoms with Crippen LogP contribution in [0.2, 0.25) is 0 Å². The van der Waals surface area contributed by atoms with Gasteiger partial charge in [0, 0.05) is 0 Å². The van der Waals surface area contributed by atoms with Gasteiger partial charge in [-0.2, -0.15) is 0 Å². The zero-order valence-electron chi connectivity index (χ0n) is 8.30. The van der Waals surface area contributed by atoms with Crippen LogP contribution in [-0.2, 0) is 9.53 Å². The summed E-state index contributed by atoms with van der Waals surface area (Å²) in [7, 11) is 0. The summed E-state index contributed by atoms with van der Waals surface area (Å²) in [4.78, 5) is 9.85. The minimum Gasteiger partial charge on any atom is -0.457 e. The first kappa shape index (κ1) is 11.5. The van der Waals surface area contributed by atoms with Gasteiger partial charge in [0.05, 0.1) is 6.61 Å². The molecule has 0 saturated carbocycles. The number of hydrogen-bond acceptors (Lipinski definition) is 2. The van der Waals surface area contributed by atoms with E-state index in [9.17, 15) is 4.79 Å². The summed E-state index contributed by atoms with van der Waals surface area (Å²) in [5.41, 5.74) is 0. The van der Waals surface area contributed by atoms with E-state index in [0.717, 1.165) is 19.3 Å². The Labute approximate surface area is 75.3 Å². The lowest BCUT2D eigenvalue weighted by atomic mass is 9.94. The molecule has 12 heavy (non-hydrogen) atoms. The molecular weight excluding hydrogens is 152 g/mol. The SMILES string of the molecule is CCCC(CO[C]=O)CC(C)C. The lowest BCUT2D eigenvalue weighted by Gasteiger charge is -2.16. The molecule has 0 spiro atoms. The summed E-state index contributed by atoms with van der Waals surface area (Å²) in [6.45, 7) is 8.54. The van der Waals surface area contributed by atoms with Gasteiger partial charge in [0.25, 0.3) is 0 Å². The largest absolute Gasteiger partial charge is 0.457 e. The summed E-state index contributed by atoms with van der Waals surface area (Å²) < 4.78 is 4.64. The molecule has 0 bridgehead atoms. The van der Waals surface area contributed by atoms with Gasteiger partial charge in [0.2, 0.25) is 0 Å². The maximum Gasteiger partial charge on any atom is 0.417 e. The van der Waals surface area contributed by atoms with E-state index in [4.69, 9.17) is 0 Å². The molecule has 1 unspecified atom stereocenters. The molecule has 0 aromatic rings. The van der Waals surface area contributed by atoms with Crippen LogP contribution in [0.25, 0.3) is 0 Å². The van der Waals surface area contributed by atoms with Crippen LogP contribution in [0.15, 0.2) is 0 Å². The first-order valence-electron chi connectivity index (χ1n) is 4.69. The van der Waals surface area contributed by atoms with E-state index >= 15 is 0 Å². The van der Waals surface area contributed by atoms with E-state index < -0.39 is 0 Å². The average Bonchev–Trinajstić information content (AvgIpc) is 2.00. The molecule has 0 aromatic heterocycles. The van der Waals surface area contributed by atoms with Crippen molar-refractivity contribution >= 4 is 6.47 Å². The van der Waals surface area contributed by atoms with Gasteiger partial charge in [-0.05, 0) is 24.7 Å². The fraction of sp³-hybridized carbons (Fsp3) is 0.900. The molecule has 71 valence electrons. The third-order valence-corrected chi connectivity index (χ3v) is 1.88. The van der Waals surface area contributed by atoms with E-state index in [0.29, 0.717) is 18.4 Å². The number of rotatable bonds is 7. The van der Waals surface area contributed by atoms with Crippen LogP contribution >= 0.6 is 0 Å². The van der Waals surface area contributed by atoms with Crippen molar-refractivity contribution in [3.8, 4) is 0 Å². The zero-order chi connectivity index (χ0) is 9.40. The molecule has 2 nitrogen and oxygen atoms in total. The molecule has 0 heterocycles. The monoisotopic (exact) mass is 171 g/mol. The highest BCUT2D eigenvalue weighted by atomic mass is 16.5. The van der Waals surface area contributed by atoms with Crippen molar-refractivity contribution in [2.75, 3.05) is 6.61 Å². The van der Waals surface area contributed by atoms with Gasteiger partial charge in [-0.3, -0.25) is 0 Å². The average molecular weight is 171 g/mol. The lowest BCUT2D eigenvalue weighted by Crippen LogP contribution is -2.11. The van der Waals surface area contributed by atoms with Crippen LogP contribution in [0.4, 0.5) is 0 Å². The Bertz CT molecular complexity index is 110. The Morgan fingerprint density at radius 3 is 2.50 bits per heavy atom. The maximum atomic E-state index is 9.85. The molecular formula is C10H19O2. The maximum absolute atomic E-state index is 9.85. The van der Waals surface area contributed by atoms with Crippen LogP contribution in [0.1, 0.15) is 40.0 Å². The van der Waals surface area contributed by atoms with Crippen molar-refractivity contribution in [1.82, 2.24) is 0 Å². The lowest BCUT2D eigenvalue weighted by molar-refractivity contribution is 0.196. The van der Waals surface area contributed by atoms with Gasteiger partial charge in [-0.25, -0.2) is 4.79 Å². The molecule has 0 saturated heterocycles. The summed E-state index contributed by atoms with van der Waals surface area (Å²) in [6, 6.07) is 0. The van der Waals surface area contributed by atoms with Gasteiger partial charge in [-0.1, -0.05) is 27.2 Å². The van der Waals surface area contributed by atoms with Crippen molar-refractivity contribution in [3.63, 3.8) is 0 Å². The van der Waals surface area contributed by atoms with Gasteiger partial charge < -0.3 is 4.74 Å². The van der Waals surface area contributed by atoms with Crippen LogP contribution in [0.5, 0.6) is 0 Å². The zero-order valence-corrected chi connectivity index (χ0v) is 8.30. The minimum absolute atomic E-state index is 0.524. The molecule has 2 heteroatoms. The summed E-state index contributed by atoms with van der Waals surface area (Å²) >= 11 is 0. The third kappa shape index (κ3) is 6.20. The quantitative estimate of drug-likeness (QED) is 0.588. The van der Waals surface area contributed by atoms with Crippen LogP contribution in [0.3, 0.4) is 0 Å². The molecule has 0 fully saturated rings. The first-order chi connectivity index (χ1) is 5.70. The van der Waals surface area contributed by atoms with Gasteiger partial charge in [-0.15, -0.1) is 0 Å². The highest BCUT2D eigenvalue weighted by Crippen LogP contribution is 2.16. The number of hydrogen-bond donors (Lipinski definition) is 0. The summed E-state index contributed by atoms with van der Waals surface area (Å²) in [5.74, 6) is 1.20. The predicted molar refractivity (Wildman–Crippen MR) is 49.5 cm³/mol. The Kier molecular flexibility index (Phi) is 6.82. The van der Waals surface area contributed by atoms with Crippen molar-refractivity contribution in [3.05, 3.63) is 0 Å². The van der Waals surface area contributed by atoms with Gasteiger partial charge in [0.1, 0.15) is 0 Å². The molecule has 1 radical (unpaired) electrons. The topological polar surface area (TPSA) is 26.3 Å². The van der Waals surface area contributed by atoms with Gasteiger partial charge >= 0.3 is 6.47 Å². The molecule has 0 aromatic carbocycles. The van der Waals surface area contributed by atoms with E-state index in [2.05, 4.69) is 25.5 Å². The van der Waals surface area contributed by atoms with E-state index in [-0.39, 0.29) is 0 Å². The first-order valence-corrected chi connectivity index (χ1v) is 4.69. The van der Waals surface area contributed by atoms with Crippen molar-refractivity contribution in [2.24, 2.45) is 11.8 Å². The Balaban J connectivity index is 3.61. The van der Waals surface area contributed by atoms with Crippen LogP contribution < -0.4 is 0 Å². The highest BCUT2D eigenvalue weighted by Gasteiger charge is 2.10. The van der Waals surface area contributed by atoms with Crippen LogP contribution in [-0.4, -0.2) is 13.1 Å². The number of carbonyl (C=O) groups excluding carboxylic acids is 1. The van der Waals surface area contributed by atoms with E-state index in [1.807, 2.05) is 0 Å². The molecule has 0 aliphatic rings. The van der Waals surface area contributed by atoms with Gasteiger partial charge in [0.15, 0.2) is 0 Å². The minimum atomic E-state index is 0.524. The second-order valence-electron chi connectivity index (χ2n) is 3.68. The molecule has 0 aliphatic carbocycles. The van der Waals surface area contributed by atoms with E-state index in [1.54, 1.807) is 0 Å². The molecule has 0 N–H and O–H groups in total. The third-order valence-electron chi connectivity index (χ3n) is 1.88. The smallest absolute Gasteiger partial charge is 0.417 e. The number of ether oxygens (including phenoxy) is 1. The summed E-state index contributed by atoms with van der Waals surface area (Å²) in [6.07, 6.45) is 3.43. The normalized spacial score (nSPS) is 13.0. The fourth-order valence-electron chi connectivity index (χ4n) is 1.50. The Morgan fingerprint density at radius 2 is 2.08 bits per heavy atom. The van der Waals surface area contributed by atoms with Crippen molar-refractivity contribution in [2.45, 2.75) is 40.0 Å². The fourth-order valence-corrected chi connectivity index (χ4v) is 1.50. The van der Waals surface area contributed by atoms with E-state index in [1.165, 1.54) is 6.47 Å². The van der Waals surface area contributed by atoms with Crippen LogP contribution in [0, 0.1) is 11.8 Å². The molecule has 0 rings (SSSR count). The second kappa shape index (κ2) is 7.14. The van der Waals surface area contributed by atoms with Crippen molar-refractivity contribution < 1.29 is 9.53 Å². The Hall–Kier alpha value is -0.530. The molecule has 0 aliphatic heterocycles. The molecule has 0 amide bonds. The molecule has 1 atom stereocenters. The predicted octanol–water partition coefficient (Wildman–Crippen LogP) is 2.53. The Morgan fingerprint density at radius 1 is 1.42 bits per heavy atom. The van der Waals surface area contributed by atoms with Crippen molar-refractivity contribution in [1.29, 1.82) is 0 Å². The summed E-state index contributed by atoms with van der Waals surface area (Å²) in [5, 5.41) is 0. The standard InChI is InChI=1S/C10H19O2/c1-4-5-10(6-9(2)3)7-12-8-11/h9-10H,4-7H2,1-3H3.